The van der Waals surface area contributed by atoms with E-state index in [1.807, 2.05) is 45.0 Å². The second kappa shape index (κ2) is 4.64. The fourth-order valence-electron chi connectivity index (χ4n) is 2.13. The Balaban J connectivity index is 2.26. The van der Waals surface area contributed by atoms with E-state index in [9.17, 15) is 8.42 Å². The second-order valence-corrected chi connectivity index (χ2v) is 7.21. The van der Waals surface area contributed by atoms with Crippen LogP contribution in [0.2, 0.25) is 0 Å². The Kier molecular flexibility index (Phi) is 3.49. The highest BCUT2D eigenvalue weighted by molar-refractivity contribution is 7.88. The van der Waals surface area contributed by atoms with Crippen molar-refractivity contribution < 1.29 is 13.2 Å². The van der Waals surface area contributed by atoms with Gasteiger partial charge in [-0.2, -0.15) is 4.31 Å². The highest BCUT2D eigenvalue weighted by Crippen LogP contribution is 2.27. The molecule has 1 fully saturated rings. The number of sulfonamides is 1. The molecule has 18 heavy (non-hydrogen) atoms. The molecule has 0 bridgehead atoms. The SMILES string of the molecule is Cc1ccccc1CS(=O)(=O)N1COCC1(C)C. The Morgan fingerprint density at radius 1 is 1.33 bits per heavy atom. The van der Waals surface area contributed by atoms with E-state index in [0.717, 1.165) is 11.1 Å². The van der Waals surface area contributed by atoms with Crippen molar-refractivity contribution in [2.75, 3.05) is 13.3 Å². The molecule has 1 aromatic carbocycles. The van der Waals surface area contributed by atoms with Crippen LogP contribution in [-0.2, 0) is 20.5 Å². The third-order valence-electron chi connectivity index (χ3n) is 3.27. The summed E-state index contributed by atoms with van der Waals surface area (Å²) in [6, 6.07) is 7.56. The number of aryl methyl sites for hydroxylation is 1. The van der Waals surface area contributed by atoms with Crippen molar-refractivity contribution >= 4 is 10.0 Å². The van der Waals surface area contributed by atoms with Crippen molar-refractivity contribution in [3.63, 3.8) is 0 Å². The zero-order chi connectivity index (χ0) is 13.4. The van der Waals surface area contributed by atoms with Crippen LogP contribution in [0.15, 0.2) is 24.3 Å². The summed E-state index contributed by atoms with van der Waals surface area (Å²) in [7, 11) is -3.33. The summed E-state index contributed by atoms with van der Waals surface area (Å²) in [6.45, 7) is 6.29. The molecule has 1 saturated heterocycles. The zero-order valence-electron chi connectivity index (χ0n) is 11.0. The highest BCUT2D eigenvalue weighted by Gasteiger charge is 2.41. The van der Waals surface area contributed by atoms with E-state index in [4.69, 9.17) is 4.74 Å². The first-order valence-corrected chi connectivity index (χ1v) is 7.57. The Bertz CT molecular complexity index is 537. The van der Waals surface area contributed by atoms with Crippen LogP contribution >= 0.6 is 0 Å². The van der Waals surface area contributed by atoms with Crippen LogP contribution in [0.3, 0.4) is 0 Å². The normalized spacial score (nSPS) is 20.2. The summed E-state index contributed by atoms with van der Waals surface area (Å²) in [4.78, 5) is 0. The van der Waals surface area contributed by atoms with Crippen LogP contribution in [0.1, 0.15) is 25.0 Å². The first-order valence-electron chi connectivity index (χ1n) is 5.96. The zero-order valence-corrected chi connectivity index (χ0v) is 11.8. The molecular formula is C13H19NO3S. The quantitative estimate of drug-likeness (QED) is 0.842. The predicted molar refractivity (Wildman–Crippen MR) is 70.5 cm³/mol. The number of ether oxygens (including phenoxy) is 1. The molecule has 0 unspecified atom stereocenters. The molecular weight excluding hydrogens is 250 g/mol. The van der Waals surface area contributed by atoms with Crippen LogP contribution in [0.25, 0.3) is 0 Å². The van der Waals surface area contributed by atoms with E-state index in [1.165, 1.54) is 4.31 Å². The summed E-state index contributed by atoms with van der Waals surface area (Å²) >= 11 is 0. The molecule has 0 aliphatic carbocycles. The lowest BCUT2D eigenvalue weighted by atomic mass is 10.1. The lowest BCUT2D eigenvalue weighted by Gasteiger charge is -2.28. The minimum absolute atomic E-state index is 0.0342. The molecule has 0 amide bonds. The fraction of sp³-hybridized carbons (Fsp3) is 0.538. The van der Waals surface area contributed by atoms with Gasteiger partial charge in [0.2, 0.25) is 10.0 Å². The summed E-state index contributed by atoms with van der Waals surface area (Å²) in [5.41, 5.74) is 1.39. The summed E-state index contributed by atoms with van der Waals surface area (Å²) < 4.78 is 31.6. The van der Waals surface area contributed by atoms with Gasteiger partial charge in [0.25, 0.3) is 0 Å². The molecule has 1 aromatic rings. The van der Waals surface area contributed by atoms with Crippen LogP contribution in [-0.4, -0.2) is 31.6 Å². The van der Waals surface area contributed by atoms with Gasteiger partial charge >= 0.3 is 0 Å². The van der Waals surface area contributed by atoms with Crippen molar-refractivity contribution in [1.29, 1.82) is 0 Å². The number of nitrogens with zero attached hydrogens (tertiary/aromatic N) is 1. The molecule has 4 nitrogen and oxygen atoms in total. The van der Waals surface area contributed by atoms with Gasteiger partial charge in [0.1, 0.15) is 6.73 Å². The predicted octanol–water partition coefficient (Wildman–Crippen LogP) is 1.89. The lowest BCUT2D eigenvalue weighted by Crippen LogP contribution is -2.44. The molecule has 0 aromatic heterocycles. The molecule has 5 heteroatoms. The van der Waals surface area contributed by atoms with Crippen LogP contribution in [0.4, 0.5) is 0 Å². The Morgan fingerprint density at radius 2 is 2.00 bits per heavy atom. The smallest absolute Gasteiger partial charge is 0.220 e. The maximum atomic E-state index is 12.4. The Morgan fingerprint density at radius 3 is 2.56 bits per heavy atom. The molecule has 0 saturated carbocycles. The minimum atomic E-state index is -3.33. The Labute approximate surface area is 109 Å². The molecule has 0 N–H and O–H groups in total. The Hall–Kier alpha value is -0.910. The van der Waals surface area contributed by atoms with Crippen molar-refractivity contribution in [1.82, 2.24) is 4.31 Å². The first kappa shape index (κ1) is 13.5. The van der Waals surface area contributed by atoms with E-state index >= 15 is 0 Å². The van der Waals surface area contributed by atoms with Gasteiger partial charge in [-0.1, -0.05) is 24.3 Å². The topological polar surface area (TPSA) is 46.6 Å². The van der Waals surface area contributed by atoms with Crippen molar-refractivity contribution in [2.45, 2.75) is 32.1 Å². The van der Waals surface area contributed by atoms with Gasteiger partial charge in [-0.05, 0) is 31.9 Å². The third-order valence-corrected chi connectivity index (χ3v) is 5.22. The van der Waals surface area contributed by atoms with Crippen molar-refractivity contribution in [3.8, 4) is 0 Å². The number of benzene rings is 1. The van der Waals surface area contributed by atoms with Crippen LogP contribution in [0.5, 0.6) is 0 Å². The van der Waals surface area contributed by atoms with E-state index in [2.05, 4.69) is 0 Å². The van der Waals surface area contributed by atoms with Crippen molar-refractivity contribution in [2.24, 2.45) is 0 Å². The first-order chi connectivity index (χ1) is 8.33. The molecule has 100 valence electrons. The number of rotatable bonds is 3. The molecule has 0 radical (unpaired) electrons. The molecule has 0 atom stereocenters. The van der Waals surface area contributed by atoms with E-state index < -0.39 is 15.6 Å². The van der Waals surface area contributed by atoms with Gasteiger partial charge in [-0.3, -0.25) is 0 Å². The van der Waals surface area contributed by atoms with Gasteiger partial charge in [0.05, 0.1) is 17.9 Å². The van der Waals surface area contributed by atoms with Crippen LogP contribution in [0, 0.1) is 6.92 Å². The van der Waals surface area contributed by atoms with Crippen molar-refractivity contribution in [3.05, 3.63) is 35.4 Å². The molecule has 1 heterocycles. The summed E-state index contributed by atoms with van der Waals surface area (Å²) in [6.07, 6.45) is 0. The number of hydrogen-bond donors (Lipinski definition) is 0. The lowest BCUT2D eigenvalue weighted by molar-refractivity contribution is 0.171. The molecule has 2 rings (SSSR count). The molecule has 1 aliphatic heterocycles. The largest absolute Gasteiger partial charge is 0.363 e. The van der Waals surface area contributed by atoms with E-state index in [0.29, 0.717) is 6.61 Å². The number of hydrogen-bond acceptors (Lipinski definition) is 3. The summed E-state index contributed by atoms with van der Waals surface area (Å²) in [5, 5.41) is 0. The minimum Gasteiger partial charge on any atom is -0.363 e. The van der Waals surface area contributed by atoms with Gasteiger partial charge < -0.3 is 4.74 Å². The third kappa shape index (κ3) is 2.58. The maximum absolute atomic E-state index is 12.4. The average molecular weight is 269 g/mol. The fourth-order valence-corrected chi connectivity index (χ4v) is 4.04. The average Bonchev–Trinajstić information content (AvgIpc) is 2.62. The molecule has 1 aliphatic rings. The van der Waals surface area contributed by atoms with Gasteiger partial charge in [0.15, 0.2) is 0 Å². The highest BCUT2D eigenvalue weighted by atomic mass is 32.2. The van der Waals surface area contributed by atoms with E-state index in [-0.39, 0.29) is 12.5 Å². The standard InChI is InChI=1S/C13H19NO3S/c1-11-6-4-5-7-12(11)8-18(15,16)14-10-17-9-13(14,2)3/h4-7H,8-10H2,1-3H3. The molecule has 0 spiro atoms. The van der Waals surface area contributed by atoms with Gasteiger partial charge in [-0.15, -0.1) is 0 Å². The maximum Gasteiger partial charge on any atom is 0.220 e. The van der Waals surface area contributed by atoms with Gasteiger partial charge in [0, 0.05) is 0 Å². The summed E-state index contributed by atoms with van der Waals surface area (Å²) in [5.74, 6) is 0.0342. The second-order valence-electron chi connectivity index (χ2n) is 5.32. The van der Waals surface area contributed by atoms with E-state index in [1.54, 1.807) is 0 Å². The van der Waals surface area contributed by atoms with Gasteiger partial charge in [-0.25, -0.2) is 8.42 Å². The monoisotopic (exact) mass is 269 g/mol. The van der Waals surface area contributed by atoms with Crippen LogP contribution < -0.4 is 0 Å².